The molecule has 1 heterocycles. The van der Waals surface area contributed by atoms with Crippen molar-refractivity contribution in [2.75, 3.05) is 14.1 Å². The van der Waals surface area contributed by atoms with Gasteiger partial charge in [0.25, 0.3) is 0 Å². The highest BCUT2D eigenvalue weighted by molar-refractivity contribution is 5.11. The van der Waals surface area contributed by atoms with Gasteiger partial charge in [-0.25, -0.2) is 0 Å². The highest BCUT2D eigenvalue weighted by Gasteiger charge is 2.00. The van der Waals surface area contributed by atoms with Crippen LogP contribution in [0.25, 0.3) is 0 Å². The molecule has 0 bridgehead atoms. The minimum Gasteiger partial charge on any atom is -0.468 e. The Balaban J connectivity index is 2.58. The molecule has 0 aromatic carbocycles. The van der Waals surface area contributed by atoms with Crippen LogP contribution in [0.3, 0.4) is 0 Å². The molecule has 1 aromatic rings. The van der Waals surface area contributed by atoms with Gasteiger partial charge in [-0.1, -0.05) is 0 Å². The second-order valence-corrected chi connectivity index (χ2v) is 2.86. The maximum Gasteiger partial charge on any atom is 0.118 e. The van der Waals surface area contributed by atoms with Gasteiger partial charge in [-0.2, -0.15) is 0 Å². The first-order valence-electron chi connectivity index (χ1n) is 3.63. The Morgan fingerprint density at radius 1 is 1.55 bits per heavy atom. The minimum atomic E-state index is 0.553. The smallest absolute Gasteiger partial charge is 0.118 e. The molecule has 1 aromatic heterocycles. The van der Waals surface area contributed by atoms with Crippen LogP contribution in [0.2, 0.25) is 0 Å². The molecule has 11 heavy (non-hydrogen) atoms. The molecule has 2 N–H and O–H groups in total. The van der Waals surface area contributed by atoms with Crippen LogP contribution in [-0.4, -0.2) is 19.0 Å². The normalized spacial score (nSPS) is 10.9. The molecule has 0 unspecified atom stereocenters. The molecule has 0 fully saturated rings. The lowest BCUT2D eigenvalue weighted by atomic mass is 10.3. The second kappa shape index (κ2) is 3.55. The van der Waals surface area contributed by atoms with E-state index in [1.165, 1.54) is 0 Å². The van der Waals surface area contributed by atoms with Crippen LogP contribution in [0.5, 0.6) is 0 Å². The first kappa shape index (κ1) is 8.30. The van der Waals surface area contributed by atoms with Crippen molar-refractivity contribution in [1.82, 2.24) is 4.90 Å². The van der Waals surface area contributed by atoms with Gasteiger partial charge in [0.15, 0.2) is 0 Å². The number of hydrogen-bond acceptors (Lipinski definition) is 3. The van der Waals surface area contributed by atoms with E-state index < -0.39 is 0 Å². The topological polar surface area (TPSA) is 42.4 Å². The molecule has 3 heteroatoms. The molecule has 0 aliphatic carbocycles. The fraction of sp³-hybridized carbons (Fsp3) is 0.500. The van der Waals surface area contributed by atoms with E-state index in [2.05, 4.69) is 4.90 Å². The summed E-state index contributed by atoms with van der Waals surface area (Å²) in [5.74, 6) is 0.968. The first-order valence-corrected chi connectivity index (χ1v) is 3.63. The van der Waals surface area contributed by atoms with Gasteiger partial charge in [0, 0.05) is 12.1 Å². The molecular weight excluding hydrogens is 140 g/mol. The third-order valence-corrected chi connectivity index (χ3v) is 1.42. The van der Waals surface area contributed by atoms with Crippen molar-refractivity contribution in [3.63, 3.8) is 0 Å². The quantitative estimate of drug-likeness (QED) is 0.700. The average Bonchev–Trinajstić information content (AvgIpc) is 2.34. The molecule has 0 atom stereocenters. The van der Waals surface area contributed by atoms with E-state index in [-0.39, 0.29) is 0 Å². The highest BCUT2D eigenvalue weighted by atomic mass is 16.3. The van der Waals surface area contributed by atoms with E-state index in [1.54, 1.807) is 6.26 Å². The van der Waals surface area contributed by atoms with E-state index >= 15 is 0 Å². The van der Waals surface area contributed by atoms with Gasteiger partial charge in [0.05, 0.1) is 12.8 Å². The van der Waals surface area contributed by atoms with Crippen molar-refractivity contribution in [3.8, 4) is 0 Å². The summed E-state index contributed by atoms with van der Waals surface area (Å²) in [4.78, 5) is 2.05. The Labute approximate surface area is 66.8 Å². The van der Waals surface area contributed by atoms with Gasteiger partial charge in [-0.15, -0.1) is 0 Å². The van der Waals surface area contributed by atoms with Gasteiger partial charge < -0.3 is 15.1 Å². The predicted octanol–water partition coefficient (Wildman–Crippen LogP) is 0.800. The molecule has 0 aliphatic heterocycles. The summed E-state index contributed by atoms with van der Waals surface area (Å²) in [7, 11) is 4.01. The van der Waals surface area contributed by atoms with Crippen LogP contribution in [0, 0.1) is 0 Å². The Morgan fingerprint density at radius 2 is 2.27 bits per heavy atom. The van der Waals surface area contributed by atoms with Gasteiger partial charge in [-0.05, 0) is 20.2 Å². The zero-order valence-corrected chi connectivity index (χ0v) is 7.00. The Kier molecular flexibility index (Phi) is 2.68. The van der Waals surface area contributed by atoms with Crippen molar-refractivity contribution >= 4 is 0 Å². The van der Waals surface area contributed by atoms with Crippen LogP contribution >= 0.6 is 0 Å². The van der Waals surface area contributed by atoms with Crippen LogP contribution in [0.1, 0.15) is 11.3 Å². The summed E-state index contributed by atoms with van der Waals surface area (Å²) in [6.45, 7) is 1.39. The Morgan fingerprint density at radius 3 is 2.73 bits per heavy atom. The standard InChI is InChI=1S/C8H14N2O/c1-10(2)5-8-3-7(4-9)6-11-8/h3,6H,4-5,9H2,1-2H3. The van der Waals surface area contributed by atoms with Gasteiger partial charge in [-0.3, -0.25) is 0 Å². The molecule has 0 radical (unpaired) electrons. The maximum atomic E-state index is 5.42. The van der Waals surface area contributed by atoms with Gasteiger partial charge in [0.2, 0.25) is 0 Å². The summed E-state index contributed by atoms with van der Waals surface area (Å²) in [5, 5.41) is 0. The SMILES string of the molecule is CN(C)Cc1cc(CN)co1. The minimum absolute atomic E-state index is 0.553. The third kappa shape index (κ3) is 2.37. The Hall–Kier alpha value is -0.800. The molecule has 1 rings (SSSR count). The van der Waals surface area contributed by atoms with E-state index in [0.29, 0.717) is 6.54 Å². The fourth-order valence-electron chi connectivity index (χ4n) is 0.928. The molecule has 62 valence electrons. The van der Waals surface area contributed by atoms with Crippen molar-refractivity contribution in [2.45, 2.75) is 13.1 Å². The zero-order valence-electron chi connectivity index (χ0n) is 7.00. The van der Waals surface area contributed by atoms with Crippen molar-refractivity contribution in [3.05, 3.63) is 23.7 Å². The predicted molar refractivity (Wildman–Crippen MR) is 44.0 cm³/mol. The summed E-state index contributed by atoms with van der Waals surface area (Å²) in [5.41, 5.74) is 6.48. The maximum absolute atomic E-state index is 5.42. The lowest BCUT2D eigenvalue weighted by Crippen LogP contribution is -2.09. The van der Waals surface area contributed by atoms with Gasteiger partial charge >= 0.3 is 0 Å². The highest BCUT2D eigenvalue weighted by Crippen LogP contribution is 2.07. The lowest BCUT2D eigenvalue weighted by Gasteiger charge is -2.04. The molecule has 0 aliphatic rings. The summed E-state index contributed by atoms with van der Waals surface area (Å²) < 4.78 is 5.24. The molecule has 3 nitrogen and oxygen atoms in total. The van der Waals surface area contributed by atoms with Crippen molar-refractivity contribution in [1.29, 1.82) is 0 Å². The number of rotatable bonds is 3. The van der Waals surface area contributed by atoms with E-state index in [1.807, 2.05) is 20.2 Å². The summed E-state index contributed by atoms with van der Waals surface area (Å²) >= 11 is 0. The molecule has 0 saturated heterocycles. The Bertz CT molecular complexity index is 218. The average molecular weight is 154 g/mol. The largest absolute Gasteiger partial charge is 0.468 e. The van der Waals surface area contributed by atoms with Crippen molar-refractivity contribution in [2.24, 2.45) is 5.73 Å². The summed E-state index contributed by atoms with van der Waals surface area (Å²) in [6, 6.07) is 1.99. The van der Waals surface area contributed by atoms with Crippen LogP contribution in [-0.2, 0) is 13.1 Å². The molecule has 0 amide bonds. The second-order valence-electron chi connectivity index (χ2n) is 2.86. The van der Waals surface area contributed by atoms with E-state index in [4.69, 9.17) is 10.2 Å². The molecule has 0 saturated carbocycles. The van der Waals surface area contributed by atoms with Crippen LogP contribution < -0.4 is 5.73 Å². The van der Waals surface area contributed by atoms with E-state index in [9.17, 15) is 0 Å². The number of furan rings is 1. The molecular formula is C8H14N2O. The lowest BCUT2D eigenvalue weighted by molar-refractivity contribution is 0.350. The first-order chi connectivity index (χ1) is 5.22. The van der Waals surface area contributed by atoms with Crippen molar-refractivity contribution < 1.29 is 4.42 Å². The van der Waals surface area contributed by atoms with E-state index in [0.717, 1.165) is 17.9 Å². The number of nitrogens with zero attached hydrogens (tertiary/aromatic N) is 1. The molecule has 0 spiro atoms. The van der Waals surface area contributed by atoms with Crippen LogP contribution in [0.15, 0.2) is 16.7 Å². The summed E-state index contributed by atoms with van der Waals surface area (Å²) in [6.07, 6.45) is 1.71. The fourth-order valence-corrected chi connectivity index (χ4v) is 0.928. The monoisotopic (exact) mass is 154 g/mol. The van der Waals surface area contributed by atoms with Gasteiger partial charge in [0.1, 0.15) is 5.76 Å². The van der Waals surface area contributed by atoms with Crippen LogP contribution in [0.4, 0.5) is 0 Å². The zero-order chi connectivity index (χ0) is 8.27. The third-order valence-electron chi connectivity index (χ3n) is 1.42. The number of nitrogens with two attached hydrogens (primary N) is 1. The number of hydrogen-bond donors (Lipinski definition) is 1.